The molecule has 0 saturated heterocycles. The second kappa shape index (κ2) is 9.87. The summed E-state index contributed by atoms with van der Waals surface area (Å²) < 4.78 is 5.85. The highest BCUT2D eigenvalue weighted by Gasteiger charge is 2.43. The van der Waals surface area contributed by atoms with Crippen LogP contribution in [0.1, 0.15) is 19.4 Å². The van der Waals surface area contributed by atoms with Crippen LogP contribution in [-0.4, -0.2) is 48.2 Å². The van der Waals surface area contributed by atoms with Crippen molar-refractivity contribution in [2.45, 2.75) is 25.6 Å². The van der Waals surface area contributed by atoms with Crippen molar-refractivity contribution in [2.75, 3.05) is 31.2 Å². The summed E-state index contributed by atoms with van der Waals surface area (Å²) in [6.07, 6.45) is 2.77. The Morgan fingerprint density at radius 3 is 2.14 bits per heavy atom. The quantitative estimate of drug-likeness (QED) is 0.694. The van der Waals surface area contributed by atoms with Gasteiger partial charge in [-0.15, -0.1) is 0 Å². The summed E-state index contributed by atoms with van der Waals surface area (Å²) >= 11 is 0. The Morgan fingerprint density at radius 2 is 1.66 bits per heavy atom. The number of nitrogens with zero attached hydrogens (tertiary/aromatic N) is 4. The first-order valence-electron chi connectivity index (χ1n) is 9.28. The van der Waals surface area contributed by atoms with Crippen molar-refractivity contribution >= 4 is 11.8 Å². The zero-order valence-electron chi connectivity index (χ0n) is 16.5. The normalized spacial score (nSPS) is 17.9. The molecule has 150 valence electrons. The van der Waals surface area contributed by atoms with E-state index < -0.39 is 17.6 Å². The Hall–Kier alpha value is -3.15. The fourth-order valence-electron chi connectivity index (χ4n) is 3.32. The molecule has 2 N–H and O–H groups in total. The molecule has 0 amide bonds. The maximum absolute atomic E-state index is 9.59. The third kappa shape index (κ3) is 5.02. The van der Waals surface area contributed by atoms with Crippen molar-refractivity contribution in [2.24, 2.45) is 5.92 Å². The van der Waals surface area contributed by atoms with Crippen LogP contribution in [-0.2, 0) is 4.74 Å². The van der Waals surface area contributed by atoms with E-state index in [9.17, 15) is 15.8 Å². The maximum atomic E-state index is 9.59. The summed E-state index contributed by atoms with van der Waals surface area (Å²) in [5.74, 6) is -1.04. The molecule has 0 aromatic heterocycles. The molecule has 7 heteroatoms. The Balaban J connectivity index is 2.29. The van der Waals surface area contributed by atoms with Crippen LogP contribution in [0.4, 0.5) is 5.69 Å². The summed E-state index contributed by atoms with van der Waals surface area (Å²) in [4.78, 5) is 1.88. The number of anilines is 1. The topological polar surface area (TPSA) is 124 Å². The predicted octanol–water partition coefficient (Wildman–Crippen LogP) is 2.15. The van der Waals surface area contributed by atoms with Crippen molar-refractivity contribution in [3.63, 3.8) is 0 Å². The number of benzene rings is 1. The van der Waals surface area contributed by atoms with Gasteiger partial charge in [0.1, 0.15) is 6.10 Å². The van der Waals surface area contributed by atoms with Crippen LogP contribution in [0, 0.1) is 39.9 Å². The highest BCUT2D eigenvalue weighted by atomic mass is 16.5. The van der Waals surface area contributed by atoms with Crippen molar-refractivity contribution in [3.05, 3.63) is 47.1 Å². The summed E-state index contributed by atoms with van der Waals surface area (Å²) in [7, 11) is 0. The third-order valence-corrected chi connectivity index (χ3v) is 4.79. The van der Waals surface area contributed by atoms with E-state index in [0.717, 1.165) is 11.3 Å². The fraction of sp³-hybridized carbons (Fsp3) is 0.409. The van der Waals surface area contributed by atoms with E-state index in [0.29, 0.717) is 24.2 Å². The molecule has 29 heavy (non-hydrogen) atoms. The van der Waals surface area contributed by atoms with Gasteiger partial charge < -0.3 is 19.8 Å². The van der Waals surface area contributed by atoms with Crippen LogP contribution in [0.25, 0.3) is 6.08 Å². The highest BCUT2D eigenvalue weighted by molar-refractivity contribution is 5.61. The van der Waals surface area contributed by atoms with Gasteiger partial charge in [0.25, 0.3) is 0 Å². The van der Waals surface area contributed by atoms with Crippen molar-refractivity contribution in [1.82, 2.24) is 0 Å². The van der Waals surface area contributed by atoms with Gasteiger partial charge in [-0.25, -0.2) is 0 Å². The first kappa shape index (κ1) is 22.1. The molecule has 1 unspecified atom stereocenters. The second-order valence-electron chi connectivity index (χ2n) is 7.08. The van der Waals surface area contributed by atoms with Gasteiger partial charge >= 0.3 is 0 Å². The highest BCUT2D eigenvalue weighted by Crippen LogP contribution is 2.39. The van der Waals surface area contributed by atoms with E-state index in [1.165, 1.54) is 0 Å². The summed E-state index contributed by atoms with van der Waals surface area (Å²) in [5.41, 5.74) is 1.93. The van der Waals surface area contributed by atoms with E-state index in [1.807, 2.05) is 47.4 Å². The van der Waals surface area contributed by atoms with Crippen molar-refractivity contribution in [1.29, 1.82) is 15.8 Å². The number of aliphatic hydroxyl groups excluding tert-OH is 2. The maximum Gasteiger partial charge on any atom is 0.164 e. The van der Waals surface area contributed by atoms with Gasteiger partial charge in [-0.2, -0.15) is 15.8 Å². The van der Waals surface area contributed by atoms with Crippen molar-refractivity contribution in [3.8, 4) is 18.2 Å². The van der Waals surface area contributed by atoms with Crippen LogP contribution in [0.5, 0.6) is 0 Å². The van der Waals surface area contributed by atoms with Gasteiger partial charge in [0.05, 0.1) is 42.6 Å². The molecular weight excluding hydrogens is 368 g/mol. The molecule has 0 aliphatic carbocycles. The number of hydrogen-bond acceptors (Lipinski definition) is 7. The molecule has 7 nitrogen and oxygen atoms in total. The third-order valence-electron chi connectivity index (χ3n) is 4.79. The van der Waals surface area contributed by atoms with Gasteiger partial charge in [0, 0.05) is 18.8 Å². The van der Waals surface area contributed by atoms with E-state index in [-0.39, 0.29) is 13.2 Å². The number of nitriles is 3. The van der Waals surface area contributed by atoms with E-state index in [2.05, 4.69) is 6.07 Å². The molecule has 1 heterocycles. The summed E-state index contributed by atoms with van der Waals surface area (Å²) in [6.45, 7) is 4.46. The van der Waals surface area contributed by atoms with Gasteiger partial charge in [-0.3, -0.25) is 0 Å². The molecule has 1 aliphatic heterocycles. The molecule has 2 rings (SSSR count). The molecule has 0 spiro atoms. The van der Waals surface area contributed by atoms with Gasteiger partial charge in [0.15, 0.2) is 5.92 Å². The Kier molecular flexibility index (Phi) is 7.53. The lowest BCUT2D eigenvalue weighted by atomic mass is 9.91. The first-order valence-corrected chi connectivity index (χ1v) is 9.28. The van der Waals surface area contributed by atoms with E-state index in [4.69, 9.17) is 14.9 Å². The van der Waals surface area contributed by atoms with Gasteiger partial charge in [-0.05, 0) is 37.1 Å². The molecule has 1 atom stereocenters. The van der Waals surface area contributed by atoms with Crippen molar-refractivity contribution < 1.29 is 14.9 Å². The largest absolute Gasteiger partial charge is 0.395 e. The SMILES string of the molecule is CC1(C)OC(C(C#N)C#N)C(C#N)=C1/C=C/c1ccc(N(CCO)CCO)cc1. The average Bonchev–Trinajstić information content (AvgIpc) is 2.97. The predicted molar refractivity (Wildman–Crippen MR) is 108 cm³/mol. The minimum absolute atomic E-state index is 0.00458. The lowest BCUT2D eigenvalue weighted by Crippen LogP contribution is -2.29. The second-order valence-corrected chi connectivity index (χ2v) is 7.08. The zero-order chi connectivity index (χ0) is 21.4. The summed E-state index contributed by atoms with van der Waals surface area (Å²) in [5, 5.41) is 46.3. The summed E-state index contributed by atoms with van der Waals surface area (Å²) in [6, 6.07) is 13.5. The zero-order valence-corrected chi connectivity index (χ0v) is 16.5. The first-order chi connectivity index (χ1) is 13.9. The smallest absolute Gasteiger partial charge is 0.164 e. The molecule has 0 radical (unpaired) electrons. The molecule has 0 bridgehead atoms. The molecule has 1 aromatic rings. The minimum Gasteiger partial charge on any atom is -0.395 e. The number of ether oxygens (including phenoxy) is 1. The molecular formula is C22H24N4O3. The van der Waals surface area contributed by atoms with E-state index >= 15 is 0 Å². The number of aliphatic hydroxyl groups is 2. The number of hydrogen-bond donors (Lipinski definition) is 2. The minimum atomic E-state index is -1.04. The van der Waals surface area contributed by atoms with Crippen LogP contribution < -0.4 is 4.90 Å². The fourth-order valence-corrected chi connectivity index (χ4v) is 3.32. The van der Waals surface area contributed by atoms with Crippen LogP contribution >= 0.6 is 0 Å². The molecule has 0 fully saturated rings. The average molecular weight is 392 g/mol. The van der Waals surface area contributed by atoms with Crippen LogP contribution in [0.3, 0.4) is 0 Å². The van der Waals surface area contributed by atoms with Gasteiger partial charge in [0.2, 0.25) is 0 Å². The lowest BCUT2D eigenvalue weighted by Gasteiger charge is -2.23. The standard InChI is InChI=1S/C22H24N4O3/c1-22(2)20(19(15-25)21(29-22)17(13-23)14-24)8-5-16-3-6-18(7-4-16)26(9-11-27)10-12-28/h3-8,17,21,27-28H,9-12H2,1-2H3/b8-5+. The lowest BCUT2D eigenvalue weighted by molar-refractivity contribution is -0.0123. The Bertz CT molecular complexity index is 878. The Labute approximate surface area is 171 Å². The monoisotopic (exact) mass is 392 g/mol. The number of rotatable bonds is 8. The Morgan fingerprint density at radius 1 is 1.07 bits per heavy atom. The van der Waals surface area contributed by atoms with Crippen LogP contribution in [0.15, 0.2) is 41.5 Å². The molecule has 1 aromatic carbocycles. The van der Waals surface area contributed by atoms with Crippen LogP contribution in [0.2, 0.25) is 0 Å². The van der Waals surface area contributed by atoms with Gasteiger partial charge in [-0.1, -0.05) is 24.3 Å². The molecule has 0 saturated carbocycles. The molecule has 1 aliphatic rings. The van der Waals surface area contributed by atoms with E-state index in [1.54, 1.807) is 19.9 Å².